The molecule has 0 aliphatic heterocycles. The van der Waals surface area contributed by atoms with E-state index in [-0.39, 0.29) is 0 Å². The van der Waals surface area contributed by atoms with Crippen LogP contribution in [0.4, 0.5) is 14.6 Å². The Bertz CT molecular complexity index is 818. The maximum Gasteiger partial charge on any atom is 0.297 e. The number of halogens is 2. The van der Waals surface area contributed by atoms with E-state index < -0.39 is 12.2 Å². The fraction of sp³-hybridized carbons (Fsp3) is 0.222. The largest absolute Gasteiger partial charge is 0.369 e. The first-order valence-electron chi connectivity index (χ1n) is 7.48. The van der Waals surface area contributed by atoms with Crippen LogP contribution < -0.4 is 5.32 Å². The Labute approximate surface area is 133 Å². The molecule has 3 rings (SSSR count). The lowest BCUT2D eigenvalue weighted by atomic mass is 10.1. The summed E-state index contributed by atoms with van der Waals surface area (Å²) in [7, 11) is 0. The zero-order valence-electron chi connectivity index (χ0n) is 12.8. The van der Waals surface area contributed by atoms with Crippen LogP contribution in [0.5, 0.6) is 0 Å². The van der Waals surface area contributed by atoms with Crippen molar-refractivity contribution in [2.75, 3.05) is 11.9 Å². The summed E-state index contributed by atoms with van der Waals surface area (Å²) in [6, 6.07) is 15.3. The third-order valence-corrected chi connectivity index (χ3v) is 3.76. The molecule has 0 bridgehead atoms. The molecule has 0 aliphatic carbocycles. The molecule has 0 spiro atoms. The van der Waals surface area contributed by atoms with Crippen molar-refractivity contribution in [1.82, 2.24) is 9.97 Å². The molecule has 23 heavy (non-hydrogen) atoms. The molecular weight excluding hydrogens is 296 g/mol. The Morgan fingerprint density at radius 1 is 1.00 bits per heavy atom. The summed E-state index contributed by atoms with van der Waals surface area (Å²) in [6.07, 6.45) is -1.88. The Morgan fingerprint density at radius 2 is 1.74 bits per heavy atom. The van der Waals surface area contributed by atoms with Crippen molar-refractivity contribution in [3.8, 4) is 0 Å². The number of anilines is 1. The molecule has 0 atom stereocenters. The molecule has 1 aromatic heterocycles. The summed E-state index contributed by atoms with van der Waals surface area (Å²) < 4.78 is 25.9. The predicted octanol–water partition coefficient (Wildman–Crippen LogP) is 4.53. The summed E-state index contributed by atoms with van der Waals surface area (Å²) in [5.74, 6) is 0.0153. The second-order valence-corrected chi connectivity index (χ2v) is 5.35. The Morgan fingerprint density at radius 3 is 2.52 bits per heavy atom. The standard InChI is InChI=1S/C18H17F2N3/c1-12-6-2-3-7-13(12)10-11-21-17-14-8-4-5-9-15(14)22-18(23-17)16(19)20/h2-9,16H,10-11H2,1H3,(H,21,22,23). The van der Waals surface area contributed by atoms with Crippen LogP contribution in [0.1, 0.15) is 23.4 Å². The molecule has 1 heterocycles. The monoisotopic (exact) mass is 313 g/mol. The minimum atomic E-state index is -2.68. The van der Waals surface area contributed by atoms with Crippen LogP contribution in [0.25, 0.3) is 10.9 Å². The zero-order chi connectivity index (χ0) is 16.2. The number of hydrogen-bond donors (Lipinski definition) is 1. The lowest BCUT2D eigenvalue weighted by Crippen LogP contribution is -2.09. The van der Waals surface area contributed by atoms with Gasteiger partial charge in [0.1, 0.15) is 5.82 Å². The Kier molecular flexibility index (Phi) is 4.46. The van der Waals surface area contributed by atoms with Gasteiger partial charge >= 0.3 is 0 Å². The second kappa shape index (κ2) is 6.69. The highest BCUT2D eigenvalue weighted by atomic mass is 19.3. The van der Waals surface area contributed by atoms with E-state index in [4.69, 9.17) is 0 Å². The molecule has 5 heteroatoms. The van der Waals surface area contributed by atoms with Crippen LogP contribution in [0.2, 0.25) is 0 Å². The van der Waals surface area contributed by atoms with Gasteiger partial charge in [0.25, 0.3) is 6.43 Å². The van der Waals surface area contributed by atoms with Crippen molar-refractivity contribution in [2.24, 2.45) is 0 Å². The molecule has 0 saturated heterocycles. The number of benzene rings is 2. The van der Waals surface area contributed by atoms with E-state index in [2.05, 4.69) is 34.3 Å². The number of alkyl halides is 2. The van der Waals surface area contributed by atoms with Gasteiger partial charge in [0.2, 0.25) is 0 Å². The molecule has 3 nitrogen and oxygen atoms in total. The SMILES string of the molecule is Cc1ccccc1CCNc1nc(C(F)F)nc2ccccc12. The molecular formula is C18H17F2N3. The predicted molar refractivity (Wildman–Crippen MR) is 87.9 cm³/mol. The van der Waals surface area contributed by atoms with E-state index in [1.54, 1.807) is 12.1 Å². The van der Waals surface area contributed by atoms with Crippen LogP contribution in [0.3, 0.4) is 0 Å². The summed E-state index contributed by atoms with van der Waals surface area (Å²) in [5, 5.41) is 3.93. The fourth-order valence-corrected chi connectivity index (χ4v) is 2.53. The van der Waals surface area contributed by atoms with Gasteiger partial charge in [-0.2, -0.15) is 0 Å². The minimum Gasteiger partial charge on any atom is -0.369 e. The van der Waals surface area contributed by atoms with Crippen molar-refractivity contribution < 1.29 is 8.78 Å². The average Bonchev–Trinajstić information content (AvgIpc) is 2.56. The number of aryl methyl sites for hydroxylation is 1. The molecule has 0 fully saturated rings. The number of aromatic nitrogens is 2. The van der Waals surface area contributed by atoms with Crippen molar-refractivity contribution in [3.05, 3.63) is 65.5 Å². The number of para-hydroxylation sites is 1. The highest BCUT2D eigenvalue weighted by Crippen LogP contribution is 2.24. The first-order valence-corrected chi connectivity index (χ1v) is 7.48. The fourth-order valence-electron chi connectivity index (χ4n) is 2.53. The lowest BCUT2D eigenvalue weighted by molar-refractivity contribution is 0.141. The lowest BCUT2D eigenvalue weighted by Gasteiger charge is -2.11. The van der Waals surface area contributed by atoms with E-state index in [1.165, 1.54) is 11.1 Å². The molecule has 118 valence electrons. The van der Waals surface area contributed by atoms with E-state index in [1.807, 2.05) is 24.3 Å². The maximum atomic E-state index is 13.0. The summed E-state index contributed by atoms with van der Waals surface area (Å²) in [6.45, 7) is 2.68. The van der Waals surface area contributed by atoms with Crippen molar-refractivity contribution >= 4 is 16.7 Å². The first kappa shape index (κ1) is 15.3. The van der Waals surface area contributed by atoms with Gasteiger partial charge in [0.05, 0.1) is 5.52 Å². The number of rotatable bonds is 5. The van der Waals surface area contributed by atoms with Crippen LogP contribution in [0, 0.1) is 6.92 Å². The van der Waals surface area contributed by atoms with E-state index in [0.717, 1.165) is 11.8 Å². The molecule has 0 radical (unpaired) electrons. The van der Waals surface area contributed by atoms with Gasteiger partial charge in [-0.05, 0) is 36.6 Å². The number of nitrogens with zero attached hydrogens (tertiary/aromatic N) is 2. The second-order valence-electron chi connectivity index (χ2n) is 5.35. The first-order chi connectivity index (χ1) is 11.1. The van der Waals surface area contributed by atoms with Crippen molar-refractivity contribution in [2.45, 2.75) is 19.8 Å². The molecule has 3 aromatic rings. The molecule has 0 aliphatic rings. The smallest absolute Gasteiger partial charge is 0.297 e. The van der Waals surface area contributed by atoms with E-state index in [0.29, 0.717) is 17.9 Å². The number of hydrogen-bond acceptors (Lipinski definition) is 3. The van der Waals surface area contributed by atoms with Gasteiger partial charge in [0.15, 0.2) is 5.82 Å². The molecule has 0 saturated carbocycles. The van der Waals surface area contributed by atoms with Gasteiger partial charge in [0, 0.05) is 11.9 Å². The van der Waals surface area contributed by atoms with Gasteiger partial charge in [-0.25, -0.2) is 18.7 Å². The quantitative estimate of drug-likeness (QED) is 0.752. The zero-order valence-corrected chi connectivity index (χ0v) is 12.8. The topological polar surface area (TPSA) is 37.8 Å². The Hall–Kier alpha value is -2.56. The highest BCUT2D eigenvalue weighted by molar-refractivity contribution is 5.89. The van der Waals surface area contributed by atoms with Gasteiger partial charge in [-0.15, -0.1) is 0 Å². The molecule has 2 aromatic carbocycles. The van der Waals surface area contributed by atoms with Crippen molar-refractivity contribution in [3.63, 3.8) is 0 Å². The Balaban J connectivity index is 1.83. The third-order valence-electron chi connectivity index (χ3n) is 3.76. The number of nitrogens with one attached hydrogen (secondary N) is 1. The summed E-state index contributed by atoms with van der Waals surface area (Å²) in [4.78, 5) is 7.90. The average molecular weight is 313 g/mol. The maximum absolute atomic E-state index is 13.0. The molecule has 0 amide bonds. The van der Waals surface area contributed by atoms with Gasteiger partial charge in [-0.3, -0.25) is 0 Å². The van der Waals surface area contributed by atoms with E-state index >= 15 is 0 Å². The minimum absolute atomic E-state index is 0.443. The molecule has 0 unspecified atom stereocenters. The molecule has 1 N–H and O–H groups in total. The highest BCUT2D eigenvalue weighted by Gasteiger charge is 2.14. The van der Waals surface area contributed by atoms with Gasteiger partial charge in [-0.1, -0.05) is 36.4 Å². The van der Waals surface area contributed by atoms with Crippen LogP contribution in [0.15, 0.2) is 48.5 Å². The van der Waals surface area contributed by atoms with Crippen LogP contribution >= 0.6 is 0 Å². The number of fused-ring (bicyclic) bond motifs is 1. The third kappa shape index (κ3) is 3.44. The normalized spacial score (nSPS) is 11.1. The summed E-state index contributed by atoms with van der Waals surface area (Å²) >= 11 is 0. The van der Waals surface area contributed by atoms with Crippen LogP contribution in [-0.4, -0.2) is 16.5 Å². The van der Waals surface area contributed by atoms with Crippen LogP contribution in [-0.2, 0) is 6.42 Å². The van der Waals surface area contributed by atoms with E-state index in [9.17, 15) is 8.78 Å². The summed E-state index contributed by atoms with van der Waals surface area (Å²) in [5.41, 5.74) is 2.97. The van der Waals surface area contributed by atoms with Gasteiger partial charge < -0.3 is 5.32 Å². The van der Waals surface area contributed by atoms with Crippen molar-refractivity contribution in [1.29, 1.82) is 0 Å².